The van der Waals surface area contributed by atoms with Crippen molar-refractivity contribution in [1.29, 1.82) is 0 Å². The molecule has 0 atom stereocenters. The first-order valence-corrected chi connectivity index (χ1v) is 15.5. The molecule has 0 fully saturated rings. The van der Waals surface area contributed by atoms with Crippen LogP contribution in [0.3, 0.4) is 0 Å². The zero-order valence-corrected chi connectivity index (χ0v) is 26.3. The van der Waals surface area contributed by atoms with Gasteiger partial charge in [0.15, 0.2) is 0 Å². The Bertz CT molecular complexity index is 1540. The number of halogens is 3. The summed E-state index contributed by atoms with van der Waals surface area (Å²) in [7, 11) is 5.46. The Labute approximate surface area is 255 Å². The van der Waals surface area contributed by atoms with Crippen molar-refractivity contribution in [3.63, 3.8) is 0 Å². The number of methoxy groups -OCH3 is 2. The normalized spacial score (nSPS) is 11.8. The molecule has 0 amide bonds. The molecule has 1 aromatic heterocycles. The molecule has 44 heavy (non-hydrogen) atoms. The quantitative estimate of drug-likeness (QED) is 0.160. The molecule has 0 radical (unpaired) electrons. The second-order valence-corrected chi connectivity index (χ2v) is 12.5. The number of nitrogens with zero attached hydrogens (tertiary/aromatic N) is 4. The van der Waals surface area contributed by atoms with Crippen molar-refractivity contribution in [3.05, 3.63) is 42.1 Å². The van der Waals surface area contributed by atoms with Crippen LogP contribution >= 0.6 is 0 Å². The van der Waals surface area contributed by atoms with Crippen molar-refractivity contribution in [3.8, 4) is 17.2 Å². The minimum absolute atomic E-state index is 0.0121. The summed E-state index contributed by atoms with van der Waals surface area (Å²) in [4.78, 5) is 11.9. The van der Waals surface area contributed by atoms with E-state index in [0.717, 1.165) is 12.8 Å². The standard InChI is InChI=1S/C28H38F3N7O5S/c1-37(2)10-11-38(3)23-16-25(42-5)22(15-20(23)32)34-26-19(28(29,30)31)17-33-27(36-26)35-21-9-8-18(14-24(21)41-4)43-12-7-13-44(6,39)40/h8-9,14-17H,7,10-13,32H2,1-6H3,(H2,33,34,35,36). The molecule has 16 heteroatoms. The lowest BCUT2D eigenvalue weighted by Gasteiger charge is -2.25. The monoisotopic (exact) mass is 641 g/mol. The summed E-state index contributed by atoms with van der Waals surface area (Å²) in [6.45, 7) is 1.59. The van der Waals surface area contributed by atoms with Crippen LogP contribution in [0.25, 0.3) is 0 Å². The summed E-state index contributed by atoms with van der Waals surface area (Å²) >= 11 is 0. The fourth-order valence-corrected chi connectivity index (χ4v) is 4.66. The Kier molecular flexibility index (Phi) is 11.3. The molecular formula is C28H38F3N7O5S. The van der Waals surface area contributed by atoms with Gasteiger partial charge in [0.2, 0.25) is 5.95 Å². The number of nitrogens with one attached hydrogen (secondary N) is 2. The van der Waals surface area contributed by atoms with Crippen LogP contribution in [0.4, 0.5) is 47.7 Å². The average Bonchev–Trinajstić information content (AvgIpc) is 2.93. The molecule has 0 aliphatic heterocycles. The smallest absolute Gasteiger partial charge is 0.421 e. The number of benzene rings is 2. The third kappa shape index (κ3) is 9.67. The maximum atomic E-state index is 14.0. The van der Waals surface area contributed by atoms with Gasteiger partial charge in [0.25, 0.3) is 0 Å². The Morgan fingerprint density at radius 2 is 1.66 bits per heavy atom. The van der Waals surface area contributed by atoms with Gasteiger partial charge < -0.3 is 40.4 Å². The lowest BCUT2D eigenvalue weighted by Crippen LogP contribution is -2.29. The molecule has 0 unspecified atom stereocenters. The molecule has 1 heterocycles. The van der Waals surface area contributed by atoms with Gasteiger partial charge in [0, 0.05) is 44.7 Å². The highest BCUT2D eigenvalue weighted by molar-refractivity contribution is 7.90. The van der Waals surface area contributed by atoms with E-state index in [1.165, 1.54) is 20.3 Å². The molecule has 0 aliphatic rings. The van der Waals surface area contributed by atoms with E-state index in [4.69, 9.17) is 19.9 Å². The van der Waals surface area contributed by atoms with Gasteiger partial charge in [-0.15, -0.1) is 0 Å². The summed E-state index contributed by atoms with van der Waals surface area (Å²) in [5.74, 6) is 0.297. The van der Waals surface area contributed by atoms with Crippen LogP contribution in [0.2, 0.25) is 0 Å². The lowest BCUT2D eigenvalue weighted by atomic mass is 10.2. The molecule has 0 saturated heterocycles. The van der Waals surface area contributed by atoms with Crippen LogP contribution < -0.4 is 35.5 Å². The van der Waals surface area contributed by atoms with Gasteiger partial charge in [-0.2, -0.15) is 18.2 Å². The zero-order valence-electron chi connectivity index (χ0n) is 25.4. The Balaban J connectivity index is 1.88. The van der Waals surface area contributed by atoms with E-state index >= 15 is 0 Å². The van der Waals surface area contributed by atoms with Crippen LogP contribution in [0, 0.1) is 0 Å². The van der Waals surface area contributed by atoms with E-state index in [-0.39, 0.29) is 29.7 Å². The molecule has 12 nitrogen and oxygen atoms in total. The summed E-state index contributed by atoms with van der Waals surface area (Å²) in [5, 5.41) is 5.60. The molecule has 3 aromatic rings. The lowest BCUT2D eigenvalue weighted by molar-refractivity contribution is -0.137. The number of hydrogen-bond acceptors (Lipinski definition) is 12. The molecule has 0 spiro atoms. The van der Waals surface area contributed by atoms with Gasteiger partial charge in [-0.1, -0.05) is 0 Å². The van der Waals surface area contributed by atoms with Gasteiger partial charge in [-0.3, -0.25) is 0 Å². The average molecular weight is 642 g/mol. The van der Waals surface area contributed by atoms with Crippen molar-refractivity contribution >= 4 is 44.4 Å². The summed E-state index contributed by atoms with van der Waals surface area (Å²) in [5.41, 5.74) is 6.72. The molecule has 0 bridgehead atoms. The third-order valence-electron chi connectivity index (χ3n) is 6.34. The Hall–Kier alpha value is -4.18. The minimum atomic E-state index is -4.76. The summed E-state index contributed by atoms with van der Waals surface area (Å²) < 4.78 is 81.0. The highest BCUT2D eigenvalue weighted by Crippen LogP contribution is 2.40. The van der Waals surface area contributed by atoms with Crippen LogP contribution in [-0.2, 0) is 16.0 Å². The van der Waals surface area contributed by atoms with Gasteiger partial charge in [-0.05, 0) is 38.7 Å². The maximum absolute atomic E-state index is 14.0. The molecule has 2 aromatic carbocycles. The fourth-order valence-electron chi connectivity index (χ4n) is 4.02. The maximum Gasteiger partial charge on any atom is 0.421 e. The summed E-state index contributed by atoms with van der Waals surface area (Å²) in [6.07, 6.45) is -2.64. The first kappa shape index (κ1) is 34.3. The number of sulfone groups is 1. The SMILES string of the molecule is COc1cc(OCCCS(C)(=O)=O)ccc1Nc1ncc(C(F)(F)F)c(Nc2cc(N)c(N(C)CCN(C)C)cc2OC)n1. The highest BCUT2D eigenvalue weighted by Gasteiger charge is 2.36. The number of rotatable bonds is 15. The summed E-state index contributed by atoms with van der Waals surface area (Å²) in [6, 6.07) is 7.87. The van der Waals surface area contributed by atoms with Gasteiger partial charge in [0.1, 0.15) is 38.5 Å². The molecule has 3 rings (SSSR count). The molecular weight excluding hydrogens is 603 g/mol. The van der Waals surface area contributed by atoms with Crippen molar-refractivity contribution in [2.24, 2.45) is 0 Å². The van der Waals surface area contributed by atoms with Crippen molar-refractivity contribution < 1.29 is 35.8 Å². The van der Waals surface area contributed by atoms with Gasteiger partial charge in [-0.25, -0.2) is 13.4 Å². The van der Waals surface area contributed by atoms with Crippen molar-refractivity contribution in [2.75, 3.05) is 88.3 Å². The minimum Gasteiger partial charge on any atom is -0.494 e. The number of ether oxygens (including phenoxy) is 3. The number of alkyl halides is 3. The van der Waals surface area contributed by atoms with E-state index in [0.29, 0.717) is 47.7 Å². The fraction of sp³-hybridized carbons (Fsp3) is 0.429. The number of nitrogens with two attached hydrogens (primary N) is 1. The first-order chi connectivity index (χ1) is 20.6. The Morgan fingerprint density at radius 1 is 0.977 bits per heavy atom. The predicted molar refractivity (Wildman–Crippen MR) is 166 cm³/mol. The van der Waals surface area contributed by atoms with Crippen molar-refractivity contribution in [2.45, 2.75) is 12.6 Å². The Morgan fingerprint density at radius 3 is 2.27 bits per heavy atom. The van der Waals surface area contributed by atoms with Crippen molar-refractivity contribution in [1.82, 2.24) is 14.9 Å². The number of nitrogen functional groups attached to an aromatic ring is 1. The molecule has 242 valence electrons. The topological polar surface area (TPSA) is 144 Å². The highest BCUT2D eigenvalue weighted by atomic mass is 32.2. The largest absolute Gasteiger partial charge is 0.494 e. The number of anilines is 6. The van der Waals surface area contributed by atoms with Crippen LogP contribution in [0.15, 0.2) is 36.5 Å². The predicted octanol–water partition coefficient (Wildman–Crippen LogP) is 4.39. The molecule has 0 aliphatic carbocycles. The van der Waals surface area contributed by atoms with E-state index in [2.05, 4.69) is 20.6 Å². The van der Waals surface area contributed by atoms with Crippen LogP contribution in [0.1, 0.15) is 12.0 Å². The third-order valence-corrected chi connectivity index (χ3v) is 7.37. The van der Waals surface area contributed by atoms with E-state index in [1.807, 2.05) is 30.9 Å². The number of likely N-dealkylation sites (N-methyl/N-ethyl adjacent to an activating group) is 2. The second kappa shape index (κ2) is 14.5. The van der Waals surface area contributed by atoms with E-state index < -0.39 is 27.4 Å². The van der Waals surface area contributed by atoms with Gasteiger partial charge >= 0.3 is 6.18 Å². The zero-order chi connectivity index (χ0) is 32.7. The van der Waals surface area contributed by atoms with Crippen LogP contribution in [0.5, 0.6) is 17.2 Å². The number of aromatic nitrogens is 2. The molecule has 4 N–H and O–H groups in total. The second-order valence-electron chi connectivity index (χ2n) is 10.2. The van der Waals surface area contributed by atoms with E-state index in [1.54, 1.807) is 24.3 Å². The van der Waals surface area contributed by atoms with Crippen LogP contribution in [-0.4, -0.2) is 90.4 Å². The molecule has 0 saturated carbocycles. The van der Waals surface area contributed by atoms with E-state index in [9.17, 15) is 21.6 Å². The first-order valence-electron chi connectivity index (χ1n) is 13.4. The van der Waals surface area contributed by atoms with Gasteiger partial charge in [0.05, 0.1) is 49.3 Å². The number of hydrogen-bond donors (Lipinski definition) is 3.